The monoisotopic (exact) mass is 215 g/mol. The second kappa shape index (κ2) is 8.37. The van der Waals surface area contributed by atoms with Crippen molar-refractivity contribution in [1.29, 1.82) is 0 Å². The molecule has 0 heterocycles. The van der Waals surface area contributed by atoms with Crippen LogP contribution in [0, 0.1) is 5.92 Å². The van der Waals surface area contributed by atoms with Crippen LogP contribution in [-0.4, -0.2) is 10.6 Å². The lowest BCUT2D eigenvalue weighted by Crippen LogP contribution is -2.24. The number of allylic oxidation sites excluding steroid dienone is 1. The molecule has 14 heavy (non-hydrogen) atoms. The van der Waals surface area contributed by atoms with Gasteiger partial charge in [0.05, 0.1) is 5.37 Å². The summed E-state index contributed by atoms with van der Waals surface area (Å²) in [5.41, 5.74) is 6.04. The first kappa shape index (κ1) is 14.1. The first-order chi connectivity index (χ1) is 6.57. The molecule has 0 bridgehead atoms. The van der Waals surface area contributed by atoms with Gasteiger partial charge in [0.25, 0.3) is 0 Å². The molecule has 1 nitrogen and oxygen atoms in total. The highest BCUT2D eigenvalue weighted by molar-refractivity contribution is 8.00. The highest BCUT2D eigenvalue weighted by Crippen LogP contribution is 2.20. The van der Waals surface area contributed by atoms with Crippen LogP contribution in [0.15, 0.2) is 12.2 Å². The summed E-state index contributed by atoms with van der Waals surface area (Å²) in [5, 5.41) is 0.865. The summed E-state index contributed by atoms with van der Waals surface area (Å²) in [6.07, 6.45) is 8.28. The normalized spacial score (nSPS) is 16.4. The van der Waals surface area contributed by atoms with Crippen molar-refractivity contribution in [2.24, 2.45) is 11.7 Å². The van der Waals surface area contributed by atoms with Gasteiger partial charge < -0.3 is 5.73 Å². The van der Waals surface area contributed by atoms with Crippen molar-refractivity contribution < 1.29 is 0 Å². The SMILES string of the molecule is CCCC/C=C\[C@H](C)[C@H](N)SC(C)C. The van der Waals surface area contributed by atoms with Crippen molar-refractivity contribution in [1.82, 2.24) is 0 Å². The lowest BCUT2D eigenvalue weighted by Gasteiger charge is -2.18. The maximum atomic E-state index is 6.04. The molecule has 0 spiro atoms. The molecule has 0 fully saturated rings. The summed E-state index contributed by atoms with van der Waals surface area (Å²) < 4.78 is 0. The Balaban J connectivity index is 3.70. The van der Waals surface area contributed by atoms with Gasteiger partial charge in [0.15, 0.2) is 0 Å². The second-order valence-electron chi connectivity index (χ2n) is 4.08. The smallest absolute Gasteiger partial charge is 0.0570 e. The van der Waals surface area contributed by atoms with E-state index in [0.717, 1.165) is 0 Å². The quantitative estimate of drug-likeness (QED) is 0.397. The van der Waals surface area contributed by atoms with Crippen molar-refractivity contribution in [3.05, 3.63) is 12.2 Å². The fourth-order valence-electron chi connectivity index (χ4n) is 1.18. The highest BCUT2D eigenvalue weighted by Gasteiger charge is 2.11. The van der Waals surface area contributed by atoms with Crippen LogP contribution in [0.25, 0.3) is 0 Å². The van der Waals surface area contributed by atoms with E-state index >= 15 is 0 Å². The van der Waals surface area contributed by atoms with Crippen molar-refractivity contribution in [2.75, 3.05) is 0 Å². The largest absolute Gasteiger partial charge is 0.319 e. The maximum Gasteiger partial charge on any atom is 0.0570 e. The van der Waals surface area contributed by atoms with Crippen LogP contribution in [0.3, 0.4) is 0 Å². The molecule has 2 atom stereocenters. The molecule has 0 saturated heterocycles. The number of nitrogens with two attached hydrogens (primary N) is 1. The Morgan fingerprint density at radius 3 is 2.43 bits per heavy atom. The Morgan fingerprint density at radius 1 is 1.29 bits per heavy atom. The Bertz CT molecular complexity index is 154. The van der Waals surface area contributed by atoms with Gasteiger partial charge in [0.2, 0.25) is 0 Å². The van der Waals surface area contributed by atoms with E-state index in [2.05, 4.69) is 39.8 Å². The van der Waals surface area contributed by atoms with Gasteiger partial charge in [0, 0.05) is 5.25 Å². The van der Waals surface area contributed by atoms with Gasteiger partial charge in [-0.2, -0.15) is 0 Å². The number of hydrogen-bond donors (Lipinski definition) is 1. The third kappa shape index (κ3) is 7.45. The predicted molar refractivity (Wildman–Crippen MR) is 68.5 cm³/mol. The molecule has 0 aromatic rings. The standard InChI is InChI=1S/C12H25NS/c1-5-6-7-8-9-11(4)12(13)14-10(2)3/h8-12H,5-7,13H2,1-4H3/b9-8-/t11-,12+/m0/s1. The van der Waals surface area contributed by atoms with Gasteiger partial charge in [-0.3, -0.25) is 0 Å². The average molecular weight is 215 g/mol. The molecular formula is C12H25NS. The fraction of sp³-hybridized carbons (Fsp3) is 0.833. The second-order valence-corrected chi connectivity index (χ2v) is 5.84. The molecule has 0 radical (unpaired) electrons. The summed E-state index contributed by atoms with van der Waals surface area (Å²) in [6, 6.07) is 0. The number of unbranched alkanes of at least 4 members (excludes halogenated alkanes) is 2. The molecule has 2 heteroatoms. The number of hydrogen-bond acceptors (Lipinski definition) is 2. The Kier molecular flexibility index (Phi) is 8.40. The third-order valence-electron chi connectivity index (χ3n) is 2.11. The zero-order valence-corrected chi connectivity index (χ0v) is 10.8. The van der Waals surface area contributed by atoms with E-state index in [4.69, 9.17) is 5.73 Å². The van der Waals surface area contributed by atoms with Gasteiger partial charge in [-0.15, -0.1) is 11.8 Å². The van der Waals surface area contributed by atoms with Crippen LogP contribution >= 0.6 is 11.8 Å². The van der Waals surface area contributed by atoms with Crippen LogP contribution in [-0.2, 0) is 0 Å². The summed E-state index contributed by atoms with van der Waals surface area (Å²) >= 11 is 1.85. The van der Waals surface area contributed by atoms with Crippen molar-refractivity contribution in [3.63, 3.8) is 0 Å². The molecule has 0 aliphatic heterocycles. The molecule has 0 aromatic carbocycles. The number of thioether (sulfide) groups is 1. The van der Waals surface area contributed by atoms with Crippen molar-refractivity contribution in [3.8, 4) is 0 Å². The Hall–Kier alpha value is 0.0500. The first-order valence-corrected chi connectivity index (χ1v) is 6.59. The van der Waals surface area contributed by atoms with Crippen molar-refractivity contribution >= 4 is 11.8 Å². The van der Waals surface area contributed by atoms with Crippen LogP contribution in [0.1, 0.15) is 47.0 Å². The molecule has 0 aliphatic rings. The molecule has 0 saturated carbocycles. The van der Waals surface area contributed by atoms with E-state index in [1.54, 1.807) is 0 Å². The minimum Gasteiger partial charge on any atom is -0.319 e. The summed E-state index contributed by atoms with van der Waals surface area (Å²) in [6.45, 7) is 8.80. The molecule has 0 aliphatic carbocycles. The van der Waals surface area contributed by atoms with Gasteiger partial charge in [-0.1, -0.05) is 52.7 Å². The maximum absolute atomic E-state index is 6.04. The van der Waals surface area contributed by atoms with Gasteiger partial charge in [0.1, 0.15) is 0 Å². The van der Waals surface area contributed by atoms with Crippen LogP contribution in [0.4, 0.5) is 0 Å². The summed E-state index contributed by atoms with van der Waals surface area (Å²) in [5.74, 6) is 0.485. The lowest BCUT2D eigenvalue weighted by molar-refractivity contribution is 0.684. The first-order valence-electron chi connectivity index (χ1n) is 5.65. The Labute approximate surface area is 93.5 Å². The highest BCUT2D eigenvalue weighted by atomic mass is 32.2. The molecular weight excluding hydrogens is 190 g/mol. The molecule has 0 unspecified atom stereocenters. The topological polar surface area (TPSA) is 26.0 Å². The lowest BCUT2D eigenvalue weighted by atomic mass is 10.1. The molecule has 0 rings (SSSR count). The van der Waals surface area contributed by atoms with E-state index in [1.165, 1.54) is 19.3 Å². The molecule has 84 valence electrons. The molecule has 0 aromatic heterocycles. The molecule has 2 N–H and O–H groups in total. The van der Waals surface area contributed by atoms with Crippen LogP contribution in [0.2, 0.25) is 0 Å². The van der Waals surface area contributed by atoms with Gasteiger partial charge >= 0.3 is 0 Å². The predicted octanol–water partition coefficient (Wildman–Crippen LogP) is 3.80. The Morgan fingerprint density at radius 2 is 1.93 bits per heavy atom. The average Bonchev–Trinajstić information content (AvgIpc) is 2.11. The van der Waals surface area contributed by atoms with E-state index in [0.29, 0.717) is 11.2 Å². The van der Waals surface area contributed by atoms with Crippen molar-refractivity contribution in [2.45, 2.75) is 57.6 Å². The number of rotatable bonds is 7. The van der Waals surface area contributed by atoms with Gasteiger partial charge in [-0.05, 0) is 12.3 Å². The van der Waals surface area contributed by atoms with Gasteiger partial charge in [-0.25, -0.2) is 0 Å². The summed E-state index contributed by atoms with van der Waals surface area (Å²) in [4.78, 5) is 0. The van der Waals surface area contributed by atoms with E-state index in [9.17, 15) is 0 Å². The fourth-order valence-corrected chi connectivity index (χ4v) is 2.15. The van der Waals surface area contributed by atoms with E-state index in [-0.39, 0.29) is 5.37 Å². The minimum absolute atomic E-state index is 0.243. The molecule has 0 amide bonds. The van der Waals surface area contributed by atoms with Crippen LogP contribution < -0.4 is 5.73 Å². The van der Waals surface area contributed by atoms with E-state index < -0.39 is 0 Å². The zero-order chi connectivity index (χ0) is 11.0. The third-order valence-corrected chi connectivity index (χ3v) is 3.40. The van der Waals surface area contributed by atoms with Crippen LogP contribution in [0.5, 0.6) is 0 Å². The zero-order valence-electron chi connectivity index (χ0n) is 9.99. The minimum atomic E-state index is 0.243. The van der Waals surface area contributed by atoms with E-state index in [1.807, 2.05) is 11.8 Å². The summed E-state index contributed by atoms with van der Waals surface area (Å²) in [7, 11) is 0.